The van der Waals surface area contributed by atoms with Crippen LogP contribution in [0.3, 0.4) is 0 Å². The Kier molecular flexibility index (Phi) is 4.75. The molecule has 36 heavy (non-hydrogen) atoms. The number of aryl methyl sites for hydroxylation is 1. The van der Waals surface area contributed by atoms with Crippen molar-refractivity contribution < 1.29 is 9.13 Å². The van der Waals surface area contributed by atoms with Crippen molar-refractivity contribution in [1.82, 2.24) is 0 Å². The molecular weight excluding hydrogens is 436 g/mol. The number of rotatable bonds is 3. The molecule has 2 nitrogen and oxygen atoms in total. The number of aromatic nitrogens is 2. The first-order valence-electron chi connectivity index (χ1n) is 12.7. The van der Waals surface area contributed by atoms with Gasteiger partial charge >= 0.3 is 0 Å². The van der Waals surface area contributed by atoms with Crippen molar-refractivity contribution in [2.45, 2.75) is 24.9 Å². The van der Waals surface area contributed by atoms with Crippen LogP contribution in [-0.4, -0.2) is 0 Å². The number of hydrogen-bond acceptors (Lipinski definition) is 0. The van der Waals surface area contributed by atoms with Crippen molar-refractivity contribution in [2.75, 3.05) is 0 Å². The summed E-state index contributed by atoms with van der Waals surface area (Å²) < 4.78 is 4.94. The summed E-state index contributed by atoms with van der Waals surface area (Å²) in [5.74, 6) is 0.207. The second kappa shape index (κ2) is 8.13. The molecule has 7 rings (SSSR count). The highest BCUT2D eigenvalue weighted by Gasteiger charge is 2.51. The van der Waals surface area contributed by atoms with E-state index in [4.69, 9.17) is 0 Å². The van der Waals surface area contributed by atoms with Gasteiger partial charge in [-0.2, -0.15) is 9.13 Å². The first-order chi connectivity index (χ1) is 17.8. The standard InChI is InChI=1S/C34H28N2/c1-3-30-33(28-16-8-6-14-26(28)31-18-10-11-21-35(30)31)34-29-17-9-7-15-27(29)32-20-19-24(22-36(32)34)25-13-5-4-12-23(25)2/h3-22,30,33-34H,1H2,2H3/q+2. The van der Waals surface area contributed by atoms with Crippen LogP contribution in [0.2, 0.25) is 0 Å². The second-order valence-corrected chi connectivity index (χ2v) is 9.89. The van der Waals surface area contributed by atoms with E-state index >= 15 is 0 Å². The molecule has 0 N–H and O–H groups in total. The molecule has 3 unspecified atom stereocenters. The van der Waals surface area contributed by atoms with Gasteiger partial charge in [0.15, 0.2) is 24.5 Å². The monoisotopic (exact) mass is 464 g/mol. The Morgan fingerprint density at radius 1 is 0.639 bits per heavy atom. The van der Waals surface area contributed by atoms with Gasteiger partial charge in [-0.1, -0.05) is 67.2 Å². The van der Waals surface area contributed by atoms with Crippen LogP contribution in [0.4, 0.5) is 0 Å². The number of nitrogens with zero attached hydrogens (tertiary/aromatic N) is 2. The smallest absolute Gasteiger partial charge is 0.191 e. The van der Waals surface area contributed by atoms with Gasteiger partial charge in [-0.05, 0) is 54.0 Å². The van der Waals surface area contributed by atoms with Crippen molar-refractivity contribution >= 4 is 0 Å². The van der Waals surface area contributed by atoms with E-state index in [1.807, 2.05) is 0 Å². The lowest BCUT2D eigenvalue weighted by Gasteiger charge is -2.30. The topological polar surface area (TPSA) is 7.76 Å². The van der Waals surface area contributed by atoms with Gasteiger partial charge < -0.3 is 0 Å². The molecule has 0 aliphatic carbocycles. The zero-order valence-corrected chi connectivity index (χ0v) is 20.4. The summed E-state index contributed by atoms with van der Waals surface area (Å²) >= 11 is 0. The second-order valence-electron chi connectivity index (χ2n) is 9.89. The average molecular weight is 465 g/mol. The zero-order valence-electron chi connectivity index (χ0n) is 20.4. The molecule has 2 aliphatic heterocycles. The number of hydrogen-bond donors (Lipinski definition) is 0. The third-order valence-electron chi connectivity index (χ3n) is 8.04. The van der Waals surface area contributed by atoms with Crippen molar-refractivity contribution in [1.29, 1.82) is 0 Å². The fourth-order valence-corrected chi connectivity index (χ4v) is 6.48. The van der Waals surface area contributed by atoms with E-state index in [-0.39, 0.29) is 18.0 Å². The number of fused-ring (bicyclic) bond motifs is 6. The highest BCUT2D eigenvalue weighted by atomic mass is 15.1. The molecule has 0 saturated heterocycles. The van der Waals surface area contributed by atoms with E-state index < -0.39 is 0 Å². The molecule has 2 heteroatoms. The lowest BCUT2D eigenvalue weighted by molar-refractivity contribution is -0.739. The lowest BCUT2D eigenvalue weighted by atomic mass is 9.76. The summed E-state index contributed by atoms with van der Waals surface area (Å²) in [4.78, 5) is 0. The van der Waals surface area contributed by atoms with Crippen LogP contribution < -0.4 is 9.13 Å². The first-order valence-corrected chi connectivity index (χ1v) is 12.7. The molecule has 0 amide bonds. The fourth-order valence-electron chi connectivity index (χ4n) is 6.48. The predicted octanol–water partition coefficient (Wildman–Crippen LogP) is 7.00. The Hall–Kier alpha value is -4.30. The highest BCUT2D eigenvalue weighted by Crippen LogP contribution is 2.49. The fraction of sp³-hybridized carbons (Fsp3) is 0.118. The minimum atomic E-state index is 0.134. The van der Waals surface area contributed by atoms with Gasteiger partial charge in [0.05, 0.1) is 11.1 Å². The largest absolute Gasteiger partial charge is 0.213 e. The minimum Gasteiger partial charge on any atom is -0.191 e. The van der Waals surface area contributed by atoms with E-state index in [9.17, 15) is 0 Å². The SMILES string of the molecule is C=CC1C(C2c3ccccc3-c3ccc(-c4ccccc4C)c[n+]32)c2ccccc2-c2cccc[n+]21. The molecule has 172 valence electrons. The summed E-state index contributed by atoms with van der Waals surface area (Å²) in [6.45, 7) is 6.53. The van der Waals surface area contributed by atoms with Crippen LogP contribution in [0.25, 0.3) is 33.6 Å². The maximum Gasteiger partial charge on any atom is 0.213 e. The number of pyridine rings is 2. The first kappa shape index (κ1) is 21.0. The Balaban J connectivity index is 1.50. The van der Waals surface area contributed by atoms with Gasteiger partial charge in [-0.3, -0.25) is 0 Å². The van der Waals surface area contributed by atoms with Gasteiger partial charge in [-0.15, -0.1) is 0 Å². The maximum absolute atomic E-state index is 4.34. The molecule has 4 heterocycles. The van der Waals surface area contributed by atoms with E-state index in [2.05, 4.69) is 144 Å². The van der Waals surface area contributed by atoms with E-state index in [0.29, 0.717) is 0 Å². The Bertz CT molecular complexity index is 1650. The molecule has 0 spiro atoms. The normalized spacial score (nSPS) is 19.1. The van der Waals surface area contributed by atoms with Gasteiger partial charge in [0, 0.05) is 29.3 Å². The lowest BCUT2D eigenvalue weighted by Crippen LogP contribution is -2.52. The molecule has 3 aromatic carbocycles. The Morgan fingerprint density at radius 3 is 2.06 bits per heavy atom. The van der Waals surface area contributed by atoms with E-state index in [1.165, 1.54) is 50.3 Å². The van der Waals surface area contributed by atoms with Gasteiger partial charge in [0.2, 0.25) is 11.4 Å². The summed E-state index contributed by atoms with van der Waals surface area (Å²) in [6, 6.07) is 37.9. The molecular formula is C34H28N2+2. The van der Waals surface area contributed by atoms with Crippen molar-refractivity contribution in [2.24, 2.45) is 0 Å². The molecule has 3 atom stereocenters. The summed E-state index contributed by atoms with van der Waals surface area (Å²) in [5.41, 5.74) is 11.7. The van der Waals surface area contributed by atoms with Crippen molar-refractivity contribution in [3.05, 3.63) is 145 Å². The van der Waals surface area contributed by atoms with E-state index in [0.717, 1.165) is 0 Å². The summed E-state index contributed by atoms with van der Waals surface area (Å²) in [6.07, 6.45) is 6.72. The quantitative estimate of drug-likeness (QED) is 0.201. The molecule has 0 saturated carbocycles. The van der Waals surface area contributed by atoms with Crippen LogP contribution in [0.5, 0.6) is 0 Å². The molecule has 0 radical (unpaired) electrons. The predicted molar refractivity (Wildman–Crippen MR) is 144 cm³/mol. The molecule has 0 fully saturated rings. The maximum atomic E-state index is 4.34. The van der Waals surface area contributed by atoms with E-state index in [1.54, 1.807) is 0 Å². The van der Waals surface area contributed by atoms with Crippen molar-refractivity contribution in [3.8, 4) is 33.6 Å². The van der Waals surface area contributed by atoms with Gasteiger partial charge in [0.25, 0.3) is 0 Å². The summed E-state index contributed by atoms with van der Waals surface area (Å²) in [5, 5.41) is 0. The van der Waals surface area contributed by atoms with Crippen LogP contribution in [0.15, 0.2) is 128 Å². The Labute approximate surface area is 212 Å². The highest BCUT2D eigenvalue weighted by molar-refractivity contribution is 5.71. The molecule has 5 aromatic rings. The minimum absolute atomic E-state index is 0.134. The van der Waals surface area contributed by atoms with Crippen LogP contribution in [0.1, 0.15) is 34.7 Å². The Morgan fingerprint density at radius 2 is 1.28 bits per heavy atom. The average Bonchev–Trinajstić information content (AvgIpc) is 3.26. The molecule has 0 bridgehead atoms. The van der Waals surface area contributed by atoms with Gasteiger partial charge in [-0.25, -0.2) is 0 Å². The van der Waals surface area contributed by atoms with Crippen LogP contribution >= 0.6 is 0 Å². The van der Waals surface area contributed by atoms with Crippen molar-refractivity contribution in [3.63, 3.8) is 0 Å². The molecule has 2 aliphatic rings. The number of allylic oxidation sites excluding steroid dienone is 1. The molecule has 2 aromatic heterocycles. The van der Waals surface area contributed by atoms with Crippen LogP contribution in [-0.2, 0) is 0 Å². The van der Waals surface area contributed by atoms with Crippen LogP contribution in [0, 0.1) is 6.92 Å². The van der Waals surface area contributed by atoms with Gasteiger partial charge in [0.1, 0.15) is 5.92 Å². The number of benzene rings is 3. The third kappa shape index (κ3) is 2.97. The zero-order chi connectivity index (χ0) is 24.2. The summed E-state index contributed by atoms with van der Waals surface area (Å²) in [7, 11) is 0. The third-order valence-corrected chi connectivity index (χ3v) is 8.04.